The van der Waals surface area contributed by atoms with Gasteiger partial charge in [-0.3, -0.25) is 4.98 Å². The van der Waals surface area contributed by atoms with Crippen LogP contribution in [0.25, 0.3) is 22.4 Å². The Bertz CT molecular complexity index is 805. The number of nitrogens with zero attached hydrogens (tertiary/aromatic N) is 3. The average Bonchev–Trinajstić information content (AvgIpc) is 3.21. The van der Waals surface area contributed by atoms with Crippen molar-refractivity contribution in [1.29, 1.82) is 0 Å². The minimum absolute atomic E-state index is 0.547. The number of nitrogens with two attached hydrogens (primary N) is 1. The summed E-state index contributed by atoms with van der Waals surface area (Å²) in [4.78, 5) is 8.93. The van der Waals surface area contributed by atoms with E-state index < -0.39 is 0 Å². The average molecular weight is 329 g/mol. The van der Waals surface area contributed by atoms with E-state index in [1.165, 1.54) is 12.8 Å². The summed E-state index contributed by atoms with van der Waals surface area (Å²) in [5.74, 6) is 0.967. The van der Waals surface area contributed by atoms with Crippen molar-refractivity contribution in [2.45, 2.75) is 18.9 Å². The first-order chi connectivity index (χ1) is 9.74. The second-order valence-corrected chi connectivity index (χ2v) is 5.99. The van der Waals surface area contributed by atoms with Gasteiger partial charge in [0.1, 0.15) is 11.3 Å². The minimum atomic E-state index is 0.547. The molecule has 5 heteroatoms. The van der Waals surface area contributed by atoms with Crippen LogP contribution in [0.3, 0.4) is 0 Å². The number of pyridine rings is 1. The maximum Gasteiger partial charge on any atom is 0.142 e. The SMILES string of the molecule is Nc1ccc(Br)c(-c2nc3cnccc3n2C2CC2)c1. The molecule has 0 saturated heterocycles. The zero-order valence-electron chi connectivity index (χ0n) is 10.8. The van der Waals surface area contributed by atoms with Crippen LogP contribution in [0.4, 0.5) is 5.69 Å². The minimum Gasteiger partial charge on any atom is -0.399 e. The van der Waals surface area contributed by atoms with Gasteiger partial charge in [-0.2, -0.15) is 0 Å². The normalized spacial score (nSPS) is 14.8. The quantitative estimate of drug-likeness (QED) is 0.728. The highest BCUT2D eigenvalue weighted by atomic mass is 79.9. The number of benzene rings is 1. The van der Waals surface area contributed by atoms with Crippen LogP contribution in [0, 0.1) is 0 Å². The van der Waals surface area contributed by atoms with Crippen molar-refractivity contribution >= 4 is 32.7 Å². The van der Waals surface area contributed by atoms with Gasteiger partial charge in [0.2, 0.25) is 0 Å². The molecule has 3 aromatic rings. The van der Waals surface area contributed by atoms with Crippen LogP contribution in [0.2, 0.25) is 0 Å². The Kier molecular flexibility index (Phi) is 2.57. The topological polar surface area (TPSA) is 56.7 Å². The molecule has 0 unspecified atom stereocenters. The number of halogens is 1. The molecule has 0 aliphatic heterocycles. The molecule has 1 fully saturated rings. The van der Waals surface area contributed by atoms with Crippen LogP contribution in [-0.2, 0) is 0 Å². The van der Waals surface area contributed by atoms with Gasteiger partial charge in [0.05, 0.1) is 11.7 Å². The molecule has 1 aliphatic rings. The van der Waals surface area contributed by atoms with Gasteiger partial charge >= 0.3 is 0 Å². The smallest absolute Gasteiger partial charge is 0.142 e. The van der Waals surface area contributed by atoms with Gasteiger partial charge in [-0.1, -0.05) is 15.9 Å². The first-order valence-corrected chi connectivity index (χ1v) is 7.40. The van der Waals surface area contributed by atoms with Gasteiger partial charge in [0, 0.05) is 28.0 Å². The van der Waals surface area contributed by atoms with Crippen molar-refractivity contribution in [2.24, 2.45) is 0 Å². The summed E-state index contributed by atoms with van der Waals surface area (Å²) in [5.41, 5.74) is 9.79. The van der Waals surface area contributed by atoms with Gasteiger partial charge in [0.15, 0.2) is 0 Å². The Labute approximate surface area is 124 Å². The molecule has 2 N–H and O–H groups in total. The number of rotatable bonds is 2. The fraction of sp³-hybridized carbons (Fsp3) is 0.200. The zero-order chi connectivity index (χ0) is 13.7. The fourth-order valence-corrected chi connectivity index (χ4v) is 2.98. The van der Waals surface area contributed by atoms with E-state index in [2.05, 4.69) is 25.5 Å². The number of anilines is 1. The second kappa shape index (κ2) is 4.31. The fourth-order valence-electron chi connectivity index (χ4n) is 2.56. The molecule has 4 rings (SSSR count). The Balaban J connectivity index is 2.03. The molecule has 0 radical (unpaired) electrons. The van der Waals surface area contributed by atoms with E-state index in [0.717, 1.165) is 32.6 Å². The molecule has 2 aromatic heterocycles. The lowest BCUT2D eigenvalue weighted by molar-refractivity contribution is 0.775. The molecular formula is C15H13BrN4. The van der Waals surface area contributed by atoms with Gasteiger partial charge in [0.25, 0.3) is 0 Å². The van der Waals surface area contributed by atoms with Crippen molar-refractivity contribution < 1.29 is 0 Å². The molecule has 0 bridgehead atoms. The zero-order valence-corrected chi connectivity index (χ0v) is 12.3. The molecule has 0 atom stereocenters. The molecule has 2 heterocycles. The molecule has 1 saturated carbocycles. The van der Waals surface area contributed by atoms with Crippen LogP contribution in [-0.4, -0.2) is 14.5 Å². The first-order valence-electron chi connectivity index (χ1n) is 6.61. The molecule has 4 nitrogen and oxygen atoms in total. The predicted octanol–water partition coefficient (Wildman–Crippen LogP) is 3.78. The molecule has 100 valence electrons. The Morgan fingerprint density at radius 2 is 2.10 bits per heavy atom. The highest BCUT2D eigenvalue weighted by Crippen LogP contribution is 2.42. The van der Waals surface area contributed by atoms with Crippen molar-refractivity contribution in [3.63, 3.8) is 0 Å². The van der Waals surface area contributed by atoms with Gasteiger partial charge in [-0.05, 0) is 37.1 Å². The lowest BCUT2D eigenvalue weighted by Gasteiger charge is -2.09. The van der Waals surface area contributed by atoms with E-state index in [-0.39, 0.29) is 0 Å². The summed E-state index contributed by atoms with van der Waals surface area (Å²) in [5, 5.41) is 0. The Hall–Kier alpha value is -1.88. The van der Waals surface area contributed by atoms with Gasteiger partial charge in [-0.15, -0.1) is 0 Å². The maximum atomic E-state index is 5.93. The lowest BCUT2D eigenvalue weighted by Crippen LogP contribution is -1.98. The number of hydrogen-bond acceptors (Lipinski definition) is 3. The number of aromatic nitrogens is 3. The maximum absolute atomic E-state index is 5.93. The number of hydrogen-bond donors (Lipinski definition) is 1. The van der Waals surface area contributed by atoms with Gasteiger partial charge in [-0.25, -0.2) is 4.98 Å². The van der Waals surface area contributed by atoms with Crippen LogP contribution in [0.1, 0.15) is 18.9 Å². The predicted molar refractivity (Wildman–Crippen MR) is 83.3 cm³/mol. The largest absolute Gasteiger partial charge is 0.399 e. The standard InChI is InChI=1S/C15H13BrN4/c16-12-4-1-9(17)7-11(12)15-19-13-8-18-6-5-14(13)20(15)10-2-3-10/h1,4-8,10H,2-3,17H2. The molecule has 0 spiro atoms. The highest BCUT2D eigenvalue weighted by Gasteiger charge is 2.29. The lowest BCUT2D eigenvalue weighted by atomic mass is 10.2. The van der Waals surface area contributed by atoms with E-state index in [9.17, 15) is 0 Å². The summed E-state index contributed by atoms with van der Waals surface area (Å²) in [6.07, 6.45) is 6.06. The second-order valence-electron chi connectivity index (χ2n) is 5.14. The summed E-state index contributed by atoms with van der Waals surface area (Å²) < 4.78 is 3.33. The van der Waals surface area contributed by atoms with E-state index in [4.69, 9.17) is 10.7 Å². The summed E-state index contributed by atoms with van der Waals surface area (Å²) in [7, 11) is 0. The number of fused-ring (bicyclic) bond motifs is 1. The number of imidazole rings is 1. The van der Waals surface area contributed by atoms with Crippen LogP contribution in [0.5, 0.6) is 0 Å². The van der Waals surface area contributed by atoms with Crippen molar-refractivity contribution in [2.75, 3.05) is 5.73 Å². The monoisotopic (exact) mass is 328 g/mol. The van der Waals surface area contributed by atoms with Crippen LogP contribution >= 0.6 is 15.9 Å². The third kappa shape index (κ3) is 1.81. The number of nitrogen functional groups attached to an aromatic ring is 1. The van der Waals surface area contributed by atoms with E-state index in [1.807, 2.05) is 36.7 Å². The third-order valence-corrected chi connectivity index (χ3v) is 4.33. The molecule has 1 aliphatic carbocycles. The molecular weight excluding hydrogens is 316 g/mol. The molecule has 0 amide bonds. The highest BCUT2D eigenvalue weighted by molar-refractivity contribution is 9.10. The van der Waals surface area contributed by atoms with Gasteiger partial charge < -0.3 is 10.3 Å². The molecule has 1 aromatic carbocycles. The van der Waals surface area contributed by atoms with Crippen molar-refractivity contribution in [1.82, 2.24) is 14.5 Å². The Morgan fingerprint density at radius 1 is 1.25 bits per heavy atom. The van der Waals surface area contributed by atoms with Crippen LogP contribution in [0.15, 0.2) is 41.1 Å². The molecule has 20 heavy (non-hydrogen) atoms. The van der Waals surface area contributed by atoms with Crippen LogP contribution < -0.4 is 5.73 Å². The van der Waals surface area contributed by atoms with Crippen molar-refractivity contribution in [3.05, 3.63) is 41.1 Å². The first kappa shape index (κ1) is 11.9. The van der Waals surface area contributed by atoms with E-state index in [0.29, 0.717) is 6.04 Å². The van der Waals surface area contributed by atoms with E-state index >= 15 is 0 Å². The third-order valence-electron chi connectivity index (χ3n) is 3.64. The van der Waals surface area contributed by atoms with Crippen molar-refractivity contribution in [3.8, 4) is 11.4 Å². The van der Waals surface area contributed by atoms with E-state index in [1.54, 1.807) is 0 Å². The summed E-state index contributed by atoms with van der Waals surface area (Å²) in [6, 6.07) is 8.41. The summed E-state index contributed by atoms with van der Waals surface area (Å²) in [6.45, 7) is 0. The summed E-state index contributed by atoms with van der Waals surface area (Å²) >= 11 is 3.60. The Morgan fingerprint density at radius 3 is 2.90 bits per heavy atom.